The van der Waals surface area contributed by atoms with Crippen LogP contribution in [0.15, 0.2) is 83.9 Å². The number of carbonyl (C=O) groups excluding carboxylic acids is 1. The van der Waals surface area contributed by atoms with Gasteiger partial charge in [0.1, 0.15) is 12.4 Å². The normalized spacial score (nSPS) is 14.4. The van der Waals surface area contributed by atoms with Gasteiger partial charge in [0.15, 0.2) is 9.84 Å². The first kappa shape index (κ1) is 24.3. The molecule has 0 saturated carbocycles. The minimum Gasteiger partial charge on any atom is -0.368 e. The first-order chi connectivity index (χ1) is 17.3. The van der Waals surface area contributed by atoms with Crippen molar-refractivity contribution in [2.24, 2.45) is 0 Å². The van der Waals surface area contributed by atoms with Gasteiger partial charge in [0.25, 0.3) is 0 Å². The lowest BCUT2D eigenvalue weighted by Crippen LogP contribution is -2.49. The van der Waals surface area contributed by atoms with Gasteiger partial charge >= 0.3 is 0 Å². The third-order valence-electron chi connectivity index (χ3n) is 6.47. The smallest absolute Gasteiger partial charge is 0.242 e. The number of nitrogens with zero attached hydrogens (tertiary/aromatic N) is 3. The summed E-state index contributed by atoms with van der Waals surface area (Å²) in [6.45, 7) is 2.57. The number of hydrogen-bond acceptors (Lipinski definition) is 4. The predicted octanol–water partition coefficient (Wildman–Crippen LogP) is 4.76. The second-order valence-corrected chi connectivity index (χ2v) is 11.3. The molecule has 186 valence electrons. The topological polar surface area (TPSA) is 62.6 Å². The van der Waals surface area contributed by atoms with Crippen LogP contribution in [-0.2, 0) is 26.9 Å². The molecule has 0 spiro atoms. The summed E-state index contributed by atoms with van der Waals surface area (Å²) in [5, 5.41) is 1.24. The molecule has 1 amide bonds. The third-order valence-corrected chi connectivity index (χ3v) is 8.41. The Labute approximate surface area is 214 Å². The van der Waals surface area contributed by atoms with Crippen molar-refractivity contribution >= 4 is 43.9 Å². The molecule has 4 aromatic rings. The minimum absolute atomic E-state index is 0.0454. The highest BCUT2D eigenvalue weighted by atomic mass is 35.5. The van der Waals surface area contributed by atoms with E-state index in [-0.39, 0.29) is 23.1 Å². The predicted molar refractivity (Wildman–Crippen MR) is 139 cm³/mol. The molecule has 5 rings (SSSR count). The zero-order valence-corrected chi connectivity index (χ0v) is 21.1. The molecule has 1 fully saturated rings. The standard InChI is InChI=1S/C27H25ClFN3O3S/c28-21-4-3-5-23(16-21)30-12-14-31(15-13-30)27(33)18-32-17-26(24-6-1-2-7-25(24)32)36(34,35)19-20-8-10-22(29)11-9-20/h1-11,16-17H,12-15,18-19H2. The first-order valence-corrected chi connectivity index (χ1v) is 13.7. The van der Waals surface area contributed by atoms with Gasteiger partial charge < -0.3 is 14.4 Å². The molecular formula is C27H25ClFN3O3S. The number of piperazine rings is 1. The Morgan fingerprint density at radius 2 is 1.64 bits per heavy atom. The SMILES string of the molecule is O=C(Cn1cc(S(=O)(=O)Cc2ccc(F)cc2)c2ccccc21)N1CCN(c2cccc(Cl)c2)CC1. The molecule has 1 aromatic heterocycles. The molecule has 36 heavy (non-hydrogen) atoms. The van der Waals surface area contributed by atoms with Crippen LogP contribution in [0.4, 0.5) is 10.1 Å². The van der Waals surface area contributed by atoms with Crippen LogP contribution in [0.3, 0.4) is 0 Å². The minimum atomic E-state index is -3.72. The molecule has 6 nitrogen and oxygen atoms in total. The van der Waals surface area contributed by atoms with E-state index in [4.69, 9.17) is 11.6 Å². The highest BCUT2D eigenvalue weighted by Crippen LogP contribution is 2.28. The van der Waals surface area contributed by atoms with E-state index in [1.165, 1.54) is 24.3 Å². The van der Waals surface area contributed by atoms with Crippen molar-refractivity contribution in [3.8, 4) is 0 Å². The number of sulfone groups is 1. The fraction of sp³-hybridized carbons (Fsp3) is 0.222. The maximum absolute atomic E-state index is 13.3. The summed E-state index contributed by atoms with van der Waals surface area (Å²) in [6.07, 6.45) is 1.55. The van der Waals surface area contributed by atoms with Crippen molar-refractivity contribution in [2.75, 3.05) is 31.1 Å². The number of fused-ring (bicyclic) bond motifs is 1. The van der Waals surface area contributed by atoms with Crippen LogP contribution < -0.4 is 4.90 Å². The van der Waals surface area contributed by atoms with E-state index >= 15 is 0 Å². The van der Waals surface area contributed by atoms with Gasteiger partial charge in [0.05, 0.1) is 10.6 Å². The number of carbonyl (C=O) groups is 1. The molecule has 0 atom stereocenters. The summed E-state index contributed by atoms with van der Waals surface area (Å²) in [5.41, 5.74) is 2.21. The van der Waals surface area contributed by atoms with Crippen LogP contribution in [0, 0.1) is 5.82 Å². The lowest BCUT2D eigenvalue weighted by atomic mass is 10.2. The summed E-state index contributed by atoms with van der Waals surface area (Å²) in [7, 11) is -3.72. The van der Waals surface area contributed by atoms with Crippen LogP contribution in [-0.4, -0.2) is 50.0 Å². The Morgan fingerprint density at radius 3 is 2.36 bits per heavy atom. The fourth-order valence-electron chi connectivity index (χ4n) is 4.60. The van der Waals surface area contributed by atoms with Crippen molar-refractivity contribution in [3.05, 3.63) is 95.4 Å². The molecule has 1 saturated heterocycles. The van der Waals surface area contributed by atoms with Gasteiger partial charge in [-0.2, -0.15) is 0 Å². The molecule has 3 aromatic carbocycles. The lowest BCUT2D eigenvalue weighted by molar-refractivity contribution is -0.132. The molecule has 9 heteroatoms. The Morgan fingerprint density at radius 1 is 0.917 bits per heavy atom. The highest BCUT2D eigenvalue weighted by molar-refractivity contribution is 7.90. The van der Waals surface area contributed by atoms with E-state index in [1.54, 1.807) is 22.9 Å². The van der Waals surface area contributed by atoms with Gasteiger partial charge in [0, 0.05) is 54.0 Å². The van der Waals surface area contributed by atoms with E-state index in [0.717, 1.165) is 5.69 Å². The maximum Gasteiger partial charge on any atom is 0.242 e. The summed E-state index contributed by atoms with van der Waals surface area (Å²) in [4.78, 5) is 17.3. The van der Waals surface area contributed by atoms with Crippen molar-refractivity contribution in [1.82, 2.24) is 9.47 Å². The molecule has 0 radical (unpaired) electrons. The molecule has 0 N–H and O–H groups in total. The summed E-state index contributed by atoms with van der Waals surface area (Å²) < 4.78 is 41.5. The number of amides is 1. The molecule has 0 aliphatic carbocycles. The third kappa shape index (κ3) is 5.10. The molecular weight excluding hydrogens is 501 g/mol. The Balaban J connectivity index is 1.33. The van der Waals surface area contributed by atoms with Gasteiger partial charge in [-0.3, -0.25) is 4.79 Å². The van der Waals surface area contributed by atoms with Crippen LogP contribution >= 0.6 is 11.6 Å². The van der Waals surface area contributed by atoms with E-state index in [2.05, 4.69) is 4.90 Å². The van der Waals surface area contributed by atoms with E-state index in [9.17, 15) is 17.6 Å². The van der Waals surface area contributed by atoms with Gasteiger partial charge in [-0.15, -0.1) is 0 Å². The summed E-state index contributed by atoms with van der Waals surface area (Å²) in [5.74, 6) is -0.732. The maximum atomic E-state index is 13.3. The van der Waals surface area contributed by atoms with Crippen molar-refractivity contribution in [3.63, 3.8) is 0 Å². The van der Waals surface area contributed by atoms with Crippen LogP contribution in [0.2, 0.25) is 5.02 Å². The second-order valence-electron chi connectivity index (χ2n) is 8.87. The van der Waals surface area contributed by atoms with Gasteiger partial charge in [-0.1, -0.05) is 48.0 Å². The number of anilines is 1. The number of rotatable bonds is 6. The summed E-state index contributed by atoms with van der Waals surface area (Å²) >= 11 is 6.11. The monoisotopic (exact) mass is 525 g/mol. The van der Waals surface area contributed by atoms with Crippen molar-refractivity contribution < 1.29 is 17.6 Å². The average molecular weight is 526 g/mol. The molecule has 2 heterocycles. The Kier molecular flexibility index (Phi) is 6.73. The van der Waals surface area contributed by atoms with E-state index in [0.29, 0.717) is 47.7 Å². The van der Waals surface area contributed by atoms with E-state index < -0.39 is 15.7 Å². The molecule has 1 aliphatic rings. The van der Waals surface area contributed by atoms with Crippen molar-refractivity contribution in [1.29, 1.82) is 0 Å². The Bertz CT molecular complexity index is 1510. The zero-order chi connectivity index (χ0) is 25.3. The van der Waals surface area contributed by atoms with Gasteiger partial charge in [-0.05, 0) is 42.0 Å². The molecule has 0 unspecified atom stereocenters. The van der Waals surface area contributed by atoms with Gasteiger partial charge in [-0.25, -0.2) is 12.8 Å². The fourth-order valence-corrected chi connectivity index (χ4v) is 6.37. The highest BCUT2D eigenvalue weighted by Gasteiger charge is 2.25. The number of aromatic nitrogens is 1. The van der Waals surface area contributed by atoms with E-state index in [1.807, 2.05) is 41.3 Å². The average Bonchev–Trinajstić information content (AvgIpc) is 3.25. The van der Waals surface area contributed by atoms with Crippen LogP contribution in [0.5, 0.6) is 0 Å². The number of benzene rings is 3. The number of halogens is 2. The van der Waals surface area contributed by atoms with Gasteiger partial charge in [0.2, 0.25) is 5.91 Å². The number of para-hydroxylation sites is 1. The largest absolute Gasteiger partial charge is 0.368 e. The second kappa shape index (κ2) is 9.95. The lowest BCUT2D eigenvalue weighted by Gasteiger charge is -2.36. The summed E-state index contributed by atoms with van der Waals surface area (Å²) in [6, 6.07) is 20.3. The first-order valence-electron chi connectivity index (χ1n) is 11.6. The number of hydrogen-bond donors (Lipinski definition) is 0. The Hall–Kier alpha value is -3.36. The van der Waals surface area contributed by atoms with Crippen molar-refractivity contribution in [2.45, 2.75) is 17.2 Å². The zero-order valence-electron chi connectivity index (χ0n) is 19.5. The van der Waals surface area contributed by atoms with Crippen LogP contribution in [0.1, 0.15) is 5.56 Å². The molecule has 0 bridgehead atoms. The molecule has 1 aliphatic heterocycles. The quantitative estimate of drug-likeness (QED) is 0.364. The van der Waals surface area contributed by atoms with Crippen LogP contribution in [0.25, 0.3) is 10.9 Å².